The Bertz CT molecular complexity index is 639. The van der Waals surface area contributed by atoms with Gasteiger partial charge in [-0.25, -0.2) is 0 Å². The minimum absolute atomic E-state index is 0.0918. The van der Waals surface area contributed by atoms with E-state index in [2.05, 4.69) is 46.1 Å². The molecule has 2 atom stereocenters. The maximum Gasteiger partial charge on any atom is 0.154 e. The maximum atomic E-state index is 5.90. The van der Waals surface area contributed by atoms with Crippen molar-refractivity contribution in [3.8, 4) is 5.75 Å². The predicted octanol–water partition coefficient (Wildman–Crippen LogP) is 4.50. The number of nitrogens with two attached hydrogens (primary N) is 1. The van der Waals surface area contributed by atoms with E-state index in [0.717, 1.165) is 34.6 Å². The Hall–Kier alpha value is -1.20. The van der Waals surface area contributed by atoms with Crippen molar-refractivity contribution >= 4 is 32.9 Å². The van der Waals surface area contributed by atoms with Gasteiger partial charge in [0.15, 0.2) is 5.17 Å². The summed E-state index contributed by atoms with van der Waals surface area (Å²) >= 11 is 5.07. The van der Waals surface area contributed by atoms with Crippen molar-refractivity contribution in [3.05, 3.63) is 52.7 Å². The number of allylic oxidation sites excluding steroid dienone is 2. The zero-order valence-electron chi connectivity index (χ0n) is 12.5. The molecule has 116 valence electrons. The average molecular weight is 379 g/mol. The normalized spacial score (nSPS) is 28.0. The summed E-state index contributed by atoms with van der Waals surface area (Å²) in [5, 5.41) is 0.711. The van der Waals surface area contributed by atoms with Crippen molar-refractivity contribution in [2.24, 2.45) is 16.6 Å². The molecular formula is C17H19BrN2OS. The van der Waals surface area contributed by atoms with Gasteiger partial charge in [-0.1, -0.05) is 33.8 Å². The van der Waals surface area contributed by atoms with Crippen LogP contribution >= 0.6 is 27.7 Å². The summed E-state index contributed by atoms with van der Waals surface area (Å²) in [5.74, 6) is 3.16. The van der Waals surface area contributed by atoms with Gasteiger partial charge in [0.2, 0.25) is 0 Å². The standard InChI is InChI=1S/C17H19BrN2OS/c1-17(10-11-22-16(19)20-17)12-2-6-14(7-3-12)21-15-8-4-13(18)5-9-15/h2,4-9,12H,3,10-11H2,1H3,(H2,19,20). The number of rotatable bonds is 3. The van der Waals surface area contributed by atoms with Gasteiger partial charge in [-0.15, -0.1) is 0 Å². The van der Waals surface area contributed by atoms with Crippen LogP contribution < -0.4 is 10.5 Å². The Labute approximate surface area is 143 Å². The fourth-order valence-electron chi connectivity index (χ4n) is 2.75. The Morgan fingerprint density at radius 2 is 2.14 bits per heavy atom. The molecule has 0 aromatic heterocycles. The Balaban J connectivity index is 1.66. The molecular weight excluding hydrogens is 360 g/mol. The number of nitrogens with zero attached hydrogens (tertiary/aromatic N) is 1. The molecule has 0 spiro atoms. The molecule has 0 radical (unpaired) electrons. The maximum absolute atomic E-state index is 5.90. The molecule has 0 bridgehead atoms. The molecule has 1 heterocycles. The van der Waals surface area contributed by atoms with E-state index in [1.807, 2.05) is 24.3 Å². The van der Waals surface area contributed by atoms with Crippen molar-refractivity contribution < 1.29 is 4.74 Å². The van der Waals surface area contributed by atoms with Crippen molar-refractivity contribution in [3.63, 3.8) is 0 Å². The summed E-state index contributed by atoms with van der Waals surface area (Å²) in [4.78, 5) is 4.69. The number of amidine groups is 1. The van der Waals surface area contributed by atoms with Crippen molar-refractivity contribution in [2.45, 2.75) is 25.3 Å². The van der Waals surface area contributed by atoms with Gasteiger partial charge in [0.25, 0.3) is 0 Å². The lowest BCUT2D eigenvalue weighted by atomic mass is 9.79. The second kappa shape index (κ2) is 6.50. The van der Waals surface area contributed by atoms with Gasteiger partial charge in [0.1, 0.15) is 11.5 Å². The van der Waals surface area contributed by atoms with Gasteiger partial charge in [-0.3, -0.25) is 4.99 Å². The largest absolute Gasteiger partial charge is 0.458 e. The lowest BCUT2D eigenvalue weighted by Gasteiger charge is -2.36. The summed E-state index contributed by atoms with van der Waals surface area (Å²) in [5.41, 5.74) is 5.81. The number of ether oxygens (including phenoxy) is 1. The van der Waals surface area contributed by atoms with Crippen molar-refractivity contribution in [2.75, 3.05) is 5.75 Å². The van der Waals surface area contributed by atoms with Gasteiger partial charge in [-0.2, -0.15) is 0 Å². The fourth-order valence-corrected chi connectivity index (χ4v) is 4.01. The highest BCUT2D eigenvalue weighted by Gasteiger charge is 2.35. The summed E-state index contributed by atoms with van der Waals surface area (Å²) < 4.78 is 6.94. The van der Waals surface area contributed by atoms with Crippen LogP contribution in [0.2, 0.25) is 0 Å². The first kappa shape index (κ1) is 15.7. The molecule has 0 saturated heterocycles. The number of benzene rings is 1. The van der Waals surface area contributed by atoms with Crippen LogP contribution in [0.4, 0.5) is 0 Å². The first-order valence-corrected chi connectivity index (χ1v) is 9.13. The molecule has 0 fully saturated rings. The third-order valence-electron chi connectivity index (χ3n) is 4.14. The third-order valence-corrected chi connectivity index (χ3v) is 5.46. The number of halogens is 1. The number of hydrogen-bond acceptors (Lipinski definition) is 4. The zero-order valence-corrected chi connectivity index (χ0v) is 14.9. The minimum Gasteiger partial charge on any atom is -0.458 e. The van der Waals surface area contributed by atoms with E-state index >= 15 is 0 Å². The van der Waals surface area contributed by atoms with Gasteiger partial charge in [-0.05, 0) is 56.2 Å². The highest BCUT2D eigenvalue weighted by atomic mass is 79.9. The van der Waals surface area contributed by atoms with Crippen LogP contribution in [0, 0.1) is 5.92 Å². The highest BCUT2D eigenvalue weighted by molar-refractivity contribution is 9.10. The van der Waals surface area contributed by atoms with E-state index < -0.39 is 0 Å². The summed E-state index contributed by atoms with van der Waals surface area (Å²) in [6.07, 6.45) is 8.39. The molecule has 1 aliphatic heterocycles. The monoisotopic (exact) mass is 378 g/mol. The predicted molar refractivity (Wildman–Crippen MR) is 97.2 cm³/mol. The van der Waals surface area contributed by atoms with Crippen LogP contribution in [0.3, 0.4) is 0 Å². The lowest BCUT2D eigenvalue weighted by Crippen LogP contribution is -2.38. The molecule has 0 saturated carbocycles. The fraction of sp³-hybridized carbons (Fsp3) is 0.353. The van der Waals surface area contributed by atoms with Crippen molar-refractivity contribution in [1.82, 2.24) is 0 Å². The smallest absolute Gasteiger partial charge is 0.154 e. The number of hydrogen-bond donors (Lipinski definition) is 1. The molecule has 1 aromatic rings. The van der Waals surface area contributed by atoms with Gasteiger partial charge in [0, 0.05) is 16.1 Å². The van der Waals surface area contributed by atoms with E-state index in [9.17, 15) is 0 Å². The molecule has 1 aromatic carbocycles. The zero-order chi connectivity index (χ0) is 15.6. The minimum atomic E-state index is -0.0918. The molecule has 0 amide bonds. The van der Waals surface area contributed by atoms with Crippen LogP contribution in [-0.2, 0) is 0 Å². The summed E-state index contributed by atoms with van der Waals surface area (Å²) in [7, 11) is 0. The SMILES string of the molecule is CC1(C2C=CC(Oc3ccc(Br)cc3)=CC2)CCSC(N)=N1. The van der Waals surface area contributed by atoms with Gasteiger partial charge < -0.3 is 10.5 Å². The molecule has 1 aliphatic carbocycles. The van der Waals surface area contributed by atoms with Gasteiger partial charge in [0.05, 0.1) is 5.54 Å². The highest BCUT2D eigenvalue weighted by Crippen LogP contribution is 2.37. The summed E-state index contributed by atoms with van der Waals surface area (Å²) in [6, 6.07) is 7.86. The average Bonchev–Trinajstić information content (AvgIpc) is 2.50. The van der Waals surface area contributed by atoms with Crippen LogP contribution in [0.25, 0.3) is 0 Å². The Morgan fingerprint density at radius 1 is 1.36 bits per heavy atom. The molecule has 2 unspecified atom stereocenters. The van der Waals surface area contributed by atoms with E-state index in [1.54, 1.807) is 11.8 Å². The van der Waals surface area contributed by atoms with E-state index in [-0.39, 0.29) is 5.54 Å². The Morgan fingerprint density at radius 3 is 2.77 bits per heavy atom. The van der Waals surface area contributed by atoms with Crippen LogP contribution in [0.5, 0.6) is 5.75 Å². The molecule has 3 nitrogen and oxygen atoms in total. The van der Waals surface area contributed by atoms with Crippen LogP contribution in [0.1, 0.15) is 19.8 Å². The molecule has 2 aliphatic rings. The molecule has 2 N–H and O–H groups in total. The lowest BCUT2D eigenvalue weighted by molar-refractivity contribution is 0.334. The number of aliphatic imine (C=N–C) groups is 1. The van der Waals surface area contributed by atoms with Crippen molar-refractivity contribution in [1.29, 1.82) is 0 Å². The first-order chi connectivity index (χ1) is 10.5. The van der Waals surface area contributed by atoms with E-state index in [4.69, 9.17) is 10.5 Å². The molecule has 3 rings (SSSR count). The third kappa shape index (κ3) is 3.58. The Kier molecular flexibility index (Phi) is 4.64. The molecule has 5 heteroatoms. The quantitative estimate of drug-likeness (QED) is 0.841. The van der Waals surface area contributed by atoms with Gasteiger partial charge >= 0.3 is 0 Å². The second-order valence-electron chi connectivity index (χ2n) is 5.77. The van der Waals surface area contributed by atoms with Crippen LogP contribution in [-0.4, -0.2) is 16.5 Å². The second-order valence-corrected chi connectivity index (χ2v) is 7.80. The first-order valence-electron chi connectivity index (χ1n) is 7.35. The van der Waals surface area contributed by atoms with Crippen LogP contribution in [0.15, 0.2) is 57.7 Å². The van der Waals surface area contributed by atoms with E-state index in [0.29, 0.717) is 11.1 Å². The summed E-state index contributed by atoms with van der Waals surface area (Å²) in [6.45, 7) is 2.20. The molecule has 22 heavy (non-hydrogen) atoms. The van der Waals surface area contributed by atoms with E-state index in [1.165, 1.54) is 0 Å². The number of thioether (sulfide) groups is 1. The topological polar surface area (TPSA) is 47.6 Å².